The first kappa shape index (κ1) is 13.6. The van der Waals surface area contributed by atoms with E-state index in [4.69, 9.17) is 5.14 Å². The Hall–Kier alpha value is -1.79. The highest BCUT2D eigenvalue weighted by atomic mass is 32.2. The molecule has 3 N–H and O–H groups in total. The van der Waals surface area contributed by atoms with Gasteiger partial charge in [0, 0.05) is 31.7 Å². The van der Waals surface area contributed by atoms with Crippen LogP contribution >= 0.6 is 0 Å². The monoisotopic (exact) mass is 279 g/mol. The van der Waals surface area contributed by atoms with Gasteiger partial charge in [0.2, 0.25) is 10.0 Å². The van der Waals surface area contributed by atoms with Crippen molar-refractivity contribution in [1.82, 2.24) is 4.57 Å². The Morgan fingerprint density at radius 1 is 1.16 bits per heavy atom. The van der Waals surface area contributed by atoms with Crippen molar-refractivity contribution >= 4 is 15.7 Å². The molecule has 0 bridgehead atoms. The largest absolute Gasteiger partial charge is 0.381 e. The molecule has 2 rings (SSSR count). The summed E-state index contributed by atoms with van der Waals surface area (Å²) in [7, 11) is -1.49. The summed E-state index contributed by atoms with van der Waals surface area (Å²) in [6.45, 7) is 0.732. The summed E-state index contributed by atoms with van der Waals surface area (Å²) in [6, 6.07) is 9.27. The fourth-order valence-corrected chi connectivity index (χ4v) is 2.48. The van der Waals surface area contributed by atoms with Crippen LogP contribution in [0, 0.1) is 0 Å². The Morgan fingerprint density at radius 3 is 2.37 bits per heavy atom. The van der Waals surface area contributed by atoms with Gasteiger partial charge in [0.15, 0.2) is 0 Å². The summed E-state index contributed by atoms with van der Waals surface area (Å²) >= 11 is 0. The lowest BCUT2D eigenvalue weighted by molar-refractivity contribution is 0.597. The zero-order chi connectivity index (χ0) is 13.9. The topological polar surface area (TPSA) is 77.1 Å². The average Bonchev–Trinajstić information content (AvgIpc) is 2.72. The Labute approximate surface area is 113 Å². The maximum absolute atomic E-state index is 11.0. The molecule has 0 radical (unpaired) electrons. The van der Waals surface area contributed by atoms with Crippen molar-refractivity contribution in [3.05, 3.63) is 53.9 Å². The second-order valence-corrected chi connectivity index (χ2v) is 6.16. The number of benzene rings is 1. The molecule has 0 aliphatic carbocycles. The van der Waals surface area contributed by atoms with Gasteiger partial charge in [0.25, 0.3) is 0 Å². The number of anilines is 1. The number of hydrogen-bond acceptors (Lipinski definition) is 3. The fraction of sp³-hybridized carbons (Fsp3) is 0.231. The first-order chi connectivity index (χ1) is 8.92. The molecule has 5 nitrogen and oxygen atoms in total. The lowest BCUT2D eigenvalue weighted by Gasteiger charge is -2.06. The molecule has 0 spiro atoms. The van der Waals surface area contributed by atoms with Crippen molar-refractivity contribution in [1.29, 1.82) is 0 Å². The molecule has 0 unspecified atom stereocenters. The standard InChI is InChI=1S/C13H17N3O2S/c1-16-7-6-12(9-16)8-15-13-4-2-11(3-5-13)10-19(14,17)18/h2-7,9,15H,8,10H2,1H3,(H2,14,17,18). The minimum atomic E-state index is -3.47. The Kier molecular flexibility index (Phi) is 3.92. The number of aryl methyl sites for hydroxylation is 1. The molecule has 1 aromatic carbocycles. The van der Waals surface area contributed by atoms with Crippen LogP contribution in [0.2, 0.25) is 0 Å². The molecule has 2 aromatic rings. The predicted octanol–water partition coefficient (Wildman–Crippen LogP) is 1.43. The fourth-order valence-electron chi connectivity index (χ4n) is 1.82. The lowest BCUT2D eigenvalue weighted by Crippen LogP contribution is -2.14. The van der Waals surface area contributed by atoms with Crippen molar-refractivity contribution in [2.45, 2.75) is 12.3 Å². The van der Waals surface area contributed by atoms with Gasteiger partial charge in [-0.25, -0.2) is 13.6 Å². The molecule has 0 fully saturated rings. The highest BCUT2D eigenvalue weighted by Gasteiger charge is 2.04. The number of nitrogens with one attached hydrogen (secondary N) is 1. The van der Waals surface area contributed by atoms with Crippen LogP contribution in [0.25, 0.3) is 0 Å². The van der Waals surface area contributed by atoms with E-state index in [0.717, 1.165) is 12.2 Å². The molecule has 1 aromatic heterocycles. The minimum Gasteiger partial charge on any atom is -0.381 e. The SMILES string of the molecule is Cn1ccc(CNc2ccc(CS(N)(=O)=O)cc2)c1. The average molecular weight is 279 g/mol. The Morgan fingerprint density at radius 2 is 1.84 bits per heavy atom. The zero-order valence-corrected chi connectivity index (χ0v) is 11.5. The van der Waals surface area contributed by atoms with Crippen molar-refractivity contribution in [2.75, 3.05) is 5.32 Å². The van der Waals surface area contributed by atoms with Crippen LogP contribution in [0.5, 0.6) is 0 Å². The van der Waals surface area contributed by atoms with E-state index < -0.39 is 10.0 Å². The molecule has 0 atom stereocenters. The van der Waals surface area contributed by atoms with Crippen LogP contribution < -0.4 is 10.5 Å². The number of hydrogen-bond donors (Lipinski definition) is 2. The van der Waals surface area contributed by atoms with E-state index in [-0.39, 0.29) is 5.75 Å². The van der Waals surface area contributed by atoms with Gasteiger partial charge in [0.05, 0.1) is 5.75 Å². The maximum Gasteiger partial charge on any atom is 0.213 e. The number of nitrogens with zero attached hydrogens (tertiary/aromatic N) is 1. The number of sulfonamides is 1. The number of nitrogens with two attached hydrogens (primary N) is 1. The number of primary sulfonamides is 1. The molecule has 0 saturated carbocycles. The third kappa shape index (κ3) is 4.42. The zero-order valence-electron chi connectivity index (χ0n) is 10.7. The molecule has 6 heteroatoms. The van der Waals surface area contributed by atoms with E-state index in [2.05, 4.69) is 5.32 Å². The van der Waals surface area contributed by atoms with E-state index in [9.17, 15) is 8.42 Å². The quantitative estimate of drug-likeness (QED) is 0.869. The molecule has 0 saturated heterocycles. The second-order valence-electron chi connectivity index (χ2n) is 4.54. The first-order valence-corrected chi connectivity index (χ1v) is 7.58. The van der Waals surface area contributed by atoms with Crippen LogP contribution in [0.3, 0.4) is 0 Å². The smallest absolute Gasteiger partial charge is 0.213 e. The van der Waals surface area contributed by atoms with Crippen LogP contribution in [-0.4, -0.2) is 13.0 Å². The van der Waals surface area contributed by atoms with Gasteiger partial charge in [-0.05, 0) is 29.3 Å². The second kappa shape index (κ2) is 5.46. The molecule has 0 aliphatic rings. The third-order valence-corrected chi connectivity index (χ3v) is 3.45. The Bertz CT molecular complexity index is 645. The molecule has 0 aliphatic heterocycles. The Balaban J connectivity index is 1.95. The summed E-state index contributed by atoms with van der Waals surface area (Å²) in [5, 5.41) is 8.27. The van der Waals surface area contributed by atoms with E-state index in [0.29, 0.717) is 5.56 Å². The van der Waals surface area contributed by atoms with Crippen LogP contribution in [-0.2, 0) is 29.4 Å². The van der Waals surface area contributed by atoms with Gasteiger partial charge in [-0.3, -0.25) is 0 Å². The van der Waals surface area contributed by atoms with Gasteiger partial charge in [0.1, 0.15) is 0 Å². The predicted molar refractivity (Wildman–Crippen MR) is 76.0 cm³/mol. The highest BCUT2D eigenvalue weighted by molar-refractivity contribution is 7.88. The third-order valence-electron chi connectivity index (χ3n) is 2.71. The summed E-state index contributed by atoms with van der Waals surface area (Å²) in [6.07, 6.45) is 4.04. The van der Waals surface area contributed by atoms with E-state index >= 15 is 0 Å². The van der Waals surface area contributed by atoms with E-state index in [1.165, 1.54) is 5.56 Å². The highest BCUT2D eigenvalue weighted by Crippen LogP contribution is 2.12. The van der Waals surface area contributed by atoms with Crippen LogP contribution in [0.1, 0.15) is 11.1 Å². The van der Waals surface area contributed by atoms with E-state index in [1.807, 2.05) is 42.2 Å². The van der Waals surface area contributed by atoms with Gasteiger partial charge in [-0.15, -0.1) is 0 Å². The first-order valence-electron chi connectivity index (χ1n) is 5.86. The maximum atomic E-state index is 11.0. The summed E-state index contributed by atoms with van der Waals surface area (Å²) in [4.78, 5) is 0. The van der Waals surface area contributed by atoms with Gasteiger partial charge in [-0.2, -0.15) is 0 Å². The van der Waals surface area contributed by atoms with Crippen molar-refractivity contribution in [3.8, 4) is 0 Å². The van der Waals surface area contributed by atoms with Gasteiger partial charge < -0.3 is 9.88 Å². The van der Waals surface area contributed by atoms with Crippen molar-refractivity contribution in [2.24, 2.45) is 12.2 Å². The molecular formula is C13H17N3O2S. The molecular weight excluding hydrogens is 262 g/mol. The minimum absolute atomic E-state index is 0.133. The number of rotatable bonds is 5. The summed E-state index contributed by atoms with van der Waals surface area (Å²) in [5.74, 6) is -0.133. The molecule has 0 amide bonds. The van der Waals surface area contributed by atoms with Gasteiger partial charge in [-0.1, -0.05) is 12.1 Å². The van der Waals surface area contributed by atoms with Crippen LogP contribution in [0.15, 0.2) is 42.7 Å². The van der Waals surface area contributed by atoms with Crippen LogP contribution in [0.4, 0.5) is 5.69 Å². The molecule has 1 heterocycles. The van der Waals surface area contributed by atoms with E-state index in [1.54, 1.807) is 12.1 Å². The molecule has 19 heavy (non-hydrogen) atoms. The molecule has 102 valence electrons. The number of aromatic nitrogens is 1. The van der Waals surface area contributed by atoms with Crippen molar-refractivity contribution in [3.63, 3.8) is 0 Å². The van der Waals surface area contributed by atoms with Gasteiger partial charge >= 0.3 is 0 Å². The summed E-state index contributed by atoms with van der Waals surface area (Å²) in [5.41, 5.74) is 2.82. The summed E-state index contributed by atoms with van der Waals surface area (Å²) < 4.78 is 23.9. The normalized spacial score (nSPS) is 11.5. The lowest BCUT2D eigenvalue weighted by atomic mass is 10.2. The van der Waals surface area contributed by atoms with Crippen molar-refractivity contribution < 1.29 is 8.42 Å².